The molecule has 1 aromatic carbocycles. The van der Waals surface area contributed by atoms with Crippen LogP contribution in [0.2, 0.25) is 0 Å². The Hall–Kier alpha value is -2.15. The molecule has 7 nitrogen and oxygen atoms in total. The summed E-state index contributed by atoms with van der Waals surface area (Å²) >= 11 is 0. The first-order valence-corrected chi connectivity index (χ1v) is 5.53. The van der Waals surface area contributed by atoms with Gasteiger partial charge in [-0.25, -0.2) is 0 Å². The van der Waals surface area contributed by atoms with Crippen molar-refractivity contribution in [3.8, 4) is 0 Å². The average molecular weight is 251 g/mol. The molecule has 2 rings (SSSR count). The van der Waals surface area contributed by atoms with Crippen molar-refractivity contribution < 1.29 is 14.5 Å². The highest BCUT2D eigenvalue weighted by molar-refractivity contribution is 5.76. The monoisotopic (exact) mass is 251 g/mol. The summed E-state index contributed by atoms with van der Waals surface area (Å²) in [6, 6.07) is 4.65. The average Bonchev–Trinajstić information content (AvgIpc) is 2.40. The fourth-order valence-corrected chi connectivity index (χ4v) is 1.90. The van der Waals surface area contributed by atoms with Gasteiger partial charge in [0, 0.05) is 24.8 Å². The molecule has 0 aromatic heterocycles. The summed E-state index contributed by atoms with van der Waals surface area (Å²) in [5.74, 6) is 0. The van der Waals surface area contributed by atoms with Gasteiger partial charge >= 0.3 is 0 Å². The van der Waals surface area contributed by atoms with Crippen molar-refractivity contribution in [2.24, 2.45) is 0 Å². The molecule has 1 saturated heterocycles. The Morgan fingerprint density at radius 3 is 2.72 bits per heavy atom. The van der Waals surface area contributed by atoms with Crippen LogP contribution in [0.3, 0.4) is 0 Å². The van der Waals surface area contributed by atoms with Gasteiger partial charge < -0.3 is 15.0 Å². The lowest BCUT2D eigenvalue weighted by Crippen LogP contribution is -2.36. The topological polar surface area (TPSA) is 84.7 Å². The smallest absolute Gasteiger partial charge is 0.294 e. The van der Waals surface area contributed by atoms with Gasteiger partial charge in [-0.15, -0.1) is 0 Å². The number of carbonyl (C=O) groups is 1. The second kappa shape index (κ2) is 5.46. The largest absolute Gasteiger partial charge is 0.378 e. The highest BCUT2D eigenvalue weighted by atomic mass is 16.6. The number of carbonyl (C=O) groups excluding carboxylic acids is 1. The van der Waals surface area contributed by atoms with Crippen LogP contribution in [0.25, 0.3) is 0 Å². The van der Waals surface area contributed by atoms with Gasteiger partial charge in [0.1, 0.15) is 5.69 Å². The molecule has 7 heteroatoms. The van der Waals surface area contributed by atoms with Crippen LogP contribution in [0.5, 0.6) is 0 Å². The number of hydrogen-bond acceptors (Lipinski definition) is 5. The highest BCUT2D eigenvalue weighted by Crippen LogP contribution is 2.31. The lowest BCUT2D eigenvalue weighted by molar-refractivity contribution is -0.384. The first kappa shape index (κ1) is 12.3. The lowest BCUT2D eigenvalue weighted by Gasteiger charge is -2.28. The van der Waals surface area contributed by atoms with Crippen molar-refractivity contribution >= 4 is 23.5 Å². The number of morpholine rings is 1. The zero-order valence-corrected chi connectivity index (χ0v) is 9.67. The number of anilines is 2. The molecule has 0 bridgehead atoms. The predicted octanol–water partition coefficient (Wildman–Crippen LogP) is 1.000. The van der Waals surface area contributed by atoms with E-state index in [-0.39, 0.29) is 5.69 Å². The maximum absolute atomic E-state index is 11.1. The maximum atomic E-state index is 11.1. The number of nitro groups is 1. The van der Waals surface area contributed by atoms with Crippen molar-refractivity contribution in [3.05, 3.63) is 28.3 Å². The van der Waals surface area contributed by atoms with Crippen molar-refractivity contribution in [1.29, 1.82) is 0 Å². The zero-order chi connectivity index (χ0) is 13.0. The maximum Gasteiger partial charge on any atom is 0.294 e. The molecule has 0 spiro atoms. The van der Waals surface area contributed by atoms with Crippen molar-refractivity contribution in [2.75, 3.05) is 36.5 Å². The van der Waals surface area contributed by atoms with E-state index in [1.54, 1.807) is 12.1 Å². The van der Waals surface area contributed by atoms with Crippen LogP contribution in [0.1, 0.15) is 0 Å². The Kier molecular flexibility index (Phi) is 3.73. The third-order valence-electron chi connectivity index (χ3n) is 2.75. The predicted molar refractivity (Wildman–Crippen MR) is 65.8 cm³/mol. The number of amides is 1. The number of nitro benzene ring substituents is 1. The van der Waals surface area contributed by atoms with Gasteiger partial charge in [0.2, 0.25) is 6.41 Å². The van der Waals surface area contributed by atoms with E-state index in [0.717, 1.165) is 0 Å². The summed E-state index contributed by atoms with van der Waals surface area (Å²) in [5, 5.41) is 13.5. The van der Waals surface area contributed by atoms with Gasteiger partial charge in [-0.3, -0.25) is 14.9 Å². The van der Waals surface area contributed by atoms with Crippen molar-refractivity contribution in [3.63, 3.8) is 0 Å². The van der Waals surface area contributed by atoms with E-state index in [2.05, 4.69) is 5.32 Å². The van der Waals surface area contributed by atoms with Gasteiger partial charge in [-0.05, 0) is 12.1 Å². The Morgan fingerprint density at radius 1 is 1.39 bits per heavy atom. The molecule has 18 heavy (non-hydrogen) atoms. The zero-order valence-electron chi connectivity index (χ0n) is 9.67. The van der Waals surface area contributed by atoms with Gasteiger partial charge in [0.25, 0.3) is 5.69 Å². The van der Waals surface area contributed by atoms with Gasteiger partial charge in [-0.2, -0.15) is 0 Å². The second-order valence-corrected chi connectivity index (χ2v) is 3.82. The minimum Gasteiger partial charge on any atom is -0.378 e. The fraction of sp³-hybridized carbons (Fsp3) is 0.364. The molecular formula is C11H13N3O4. The lowest BCUT2D eigenvalue weighted by atomic mass is 10.2. The first-order chi connectivity index (χ1) is 8.72. The number of nitrogens with one attached hydrogen (secondary N) is 1. The summed E-state index contributed by atoms with van der Waals surface area (Å²) in [7, 11) is 0. The Bertz CT molecular complexity index is 458. The molecule has 0 saturated carbocycles. The van der Waals surface area contributed by atoms with Crippen LogP contribution in [-0.2, 0) is 9.53 Å². The third-order valence-corrected chi connectivity index (χ3v) is 2.75. The van der Waals surface area contributed by atoms with Crippen LogP contribution < -0.4 is 10.2 Å². The molecular weight excluding hydrogens is 238 g/mol. The SMILES string of the molecule is O=CNc1ccc(N2CCOCC2)c([N+](=O)[O-])c1. The van der Waals surface area contributed by atoms with E-state index in [1.165, 1.54) is 6.07 Å². The molecule has 1 fully saturated rings. The van der Waals surface area contributed by atoms with Crippen LogP contribution >= 0.6 is 0 Å². The number of rotatable bonds is 4. The molecule has 1 heterocycles. The van der Waals surface area contributed by atoms with E-state index in [0.29, 0.717) is 44.1 Å². The minimum atomic E-state index is -0.444. The molecule has 1 N–H and O–H groups in total. The van der Waals surface area contributed by atoms with Crippen LogP contribution in [-0.4, -0.2) is 37.6 Å². The first-order valence-electron chi connectivity index (χ1n) is 5.53. The molecule has 1 aromatic rings. The highest BCUT2D eigenvalue weighted by Gasteiger charge is 2.21. The Balaban J connectivity index is 2.33. The standard InChI is InChI=1S/C11H13N3O4/c15-8-12-9-1-2-10(11(7-9)14(16)17)13-3-5-18-6-4-13/h1-2,7-8H,3-6H2,(H,12,15). The summed E-state index contributed by atoms with van der Waals surface area (Å²) in [4.78, 5) is 22.9. The van der Waals surface area contributed by atoms with Gasteiger partial charge in [0.05, 0.1) is 18.1 Å². The molecule has 1 amide bonds. The molecule has 96 valence electrons. The van der Waals surface area contributed by atoms with Crippen molar-refractivity contribution in [2.45, 2.75) is 0 Å². The number of benzene rings is 1. The van der Waals surface area contributed by atoms with E-state index < -0.39 is 4.92 Å². The van der Waals surface area contributed by atoms with E-state index in [1.807, 2.05) is 4.90 Å². The van der Waals surface area contributed by atoms with Crippen LogP contribution in [0, 0.1) is 10.1 Å². The van der Waals surface area contributed by atoms with E-state index in [4.69, 9.17) is 4.74 Å². The summed E-state index contributed by atoms with van der Waals surface area (Å²) < 4.78 is 5.21. The quantitative estimate of drug-likeness (QED) is 0.490. The summed E-state index contributed by atoms with van der Waals surface area (Å²) in [6.45, 7) is 2.37. The molecule has 0 aliphatic carbocycles. The summed E-state index contributed by atoms with van der Waals surface area (Å²) in [6.07, 6.45) is 0.494. The van der Waals surface area contributed by atoms with E-state index >= 15 is 0 Å². The minimum absolute atomic E-state index is 0.0104. The molecule has 0 radical (unpaired) electrons. The van der Waals surface area contributed by atoms with Crippen LogP contribution in [0.4, 0.5) is 17.1 Å². The Labute approximate surface area is 103 Å². The third kappa shape index (κ3) is 2.57. The number of hydrogen-bond donors (Lipinski definition) is 1. The second-order valence-electron chi connectivity index (χ2n) is 3.82. The van der Waals surface area contributed by atoms with Gasteiger partial charge in [0.15, 0.2) is 0 Å². The molecule has 0 unspecified atom stereocenters. The van der Waals surface area contributed by atoms with Crippen LogP contribution in [0.15, 0.2) is 18.2 Å². The fourth-order valence-electron chi connectivity index (χ4n) is 1.90. The number of nitrogens with zero attached hydrogens (tertiary/aromatic N) is 2. The number of ether oxygens (including phenoxy) is 1. The van der Waals surface area contributed by atoms with Gasteiger partial charge in [-0.1, -0.05) is 0 Å². The normalized spacial score (nSPS) is 15.2. The van der Waals surface area contributed by atoms with Crippen molar-refractivity contribution in [1.82, 2.24) is 0 Å². The molecule has 1 aliphatic rings. The molecule has 0 atom stereocenters. The summed E-state index contributed by atoms with van der Waals surface area (Å²) in [5.41, 5.74) is 0.956. The molecule has 1 aliphatic heterocycles. The Morgan fingerprint density at radius 2 is 2.11 bits per heavy atom. The van der Waals surface area contributed by atoms with E-state index in [9.17, 15) is 14.9 Å².